The van der Waals surface area contributed by atoms with E-state index in [-0.39, 0.29) is 18.3 Å². The molecule has 0 aromatic heterocycles. The van der Waals surface area contributed by atoms with Crippen LogP contribution in [0.1, 0.15) is 11.1 Å². The molecule has 2 aromatic carbocycles. The average molecular weight is 316 g/mol. The van der Waals surface area contributed by atoms with Crippen molar-refractivity contribution < 1.29 is 13.9 Å². The fraction of sp³-hybridized carbons (Fsp3) is 0.278. The zero-order chi connectivity index (χ0) is 16.7. The second-order valence-corrected chi connectivity index (χ2v) is 5.22. The Balaban J connectivity index is 1.77. The van der Waals surface area contributed by atoms with Gasteiger partial charge in [0.2, 0.25) is 5.91 Å². The van der Waals surface area contributed by atoms with Crippen LogP contribution in [-0.2, 0) is 11.2 Å². The predicted molar refractivity (Wildman–Crippen MR) is 89.3 cm³/mol. The molecule has 0 fully saturated rings. The second kappa shape index (κ2) is 8.17. The number of ether oxygens (including phenoxy) is 1. The average Bonchev–Trinajstić information content (AvgIpc) is 2.54. The Hall–Kier alpha value is -2.56. The molecule has 2 rings (SSSR count). The Labute approximate surface area is 135 Å². The van der Waals surface area contributed by atoms with Gasteiger partial charge in [-0.25, -0.2) is 4.39 Å². The summed E-state index contributed by atoms with van der Waals surface area (Å²) in [5.41, 5.74) is 2.58. The van der Waals surface area contributed by atoms with Crippen LogP contribution in [-0.4, -0.2) is 26.1 Å². The number of hydrogen-bond acceptors (Lipinski definition) is 3. The summed E-state index contributed by atoms with van der Waals surface area (Å²) in [5, 5.41) is 5.86. The summed E-state index contributed by atoms with van der Waals surface area (Å²) in [6, 6.07) is 12.2. The molecule has 0 spiro atoms. The number of para-hydroxylation sites is 1. The highest BCUT2D eigenvalue weighted by molar-refractivity contribution is 5.80. The SMILES string of the molecule is COc1ccccc1CCNC(=O)CNc1ccc(F)cc1C. The lowest BCUT2D eigenvalue weighted by molar-refractivity contribution is -0.119. The maximum absolute atomic E-state index is 13.0. The lowest BCUT2D eigenvalue weighted by Crippen LogP contribution is -2.31. The van der Waals surface area contributed by atoms with Crippen LogP contribution in [0.2, 0.25) is 0 Å². The minimum Gasteiger partial charge on any atom is -0.496 e. The van der Waals surface area contributed by atoms with E-state index in [1.807, 2.05) is 24.3 Å². The lowest BCUT2D eigenvalue weighted by Gasteiger charge is -2.11. The van der Waals surface area contributed by atoms with E-state index in [4.69, 9.17) is 4.74 Å². The van der Waals surface area contributed by atoms with Gasteiger partial charge in [-0.2, -0.15) is 0 Å². The van der Waals surface area contributed by atoms with Crippen molar-refractivity contribution in [3.8, 4) is 5.75 Å². The molecule has 0 saturated carbocycles. The van der Waals surface area contributed by atoms with Crippen LogP contribution >= 0.6 is 0 Å². The van der Waals surface area contributed by atoms with Crippen LogP contribution in [0.25, 0.3) is 0 Å². The number of carbonyl (C=O) groups excluding carboxylic acids is 1. The Kier molecular flexibility index (Phi) is 5.97. The molecular formula is C18H21FN2O2. The second-order valence-electron chi connectivity index (χ2n) is 5.22. The fourth-order valence-corrected chi connectivity index (χ4v) is 2.31. The zero-order valence-corrected chi connectivity index (χ0v) is 13.4. The van der Waals surface area contributed by atoms with Crippen molar-refractivity contribution in [2.45, 2.75) is 13.3 Å². The van der Waals surface area contributed by atoms with E-state index in [0.717, 1.165) is 22.6 Å². The summed E-state index contributed by atoms with van der Waals surface area (Å²) in [7, 11) is 1.63. The number of halogens is 1. The molecule has 2 aromatic rings. The first kappa shape index (κ1) is 16.8. The van der Waals surface area contributed by atoms with Gasteiger partial charge in [0.05, 0.1) is 13.7 Å². The van der Waals surface area contributed by atoms with Crippen LogP contribution in [0.15, 0.2) is 42.5 Å². The smallest absolute Gasteiger partial charge is 0.239 e. The van der Waals surface area contributed by atoms with Crippen LogP contribution in [0.4, 0.5) is 10.1 Å². The number of amides is 1. The minimum atomic E-state index is -0.283. The van der Waals surface area contributed by atoms with E-state index in [2.05, 4.69) is 10.6 Å². The number of aryl methyl sites for hydroxylation is 1. The summed E-state index contributed by atoms with van der Waals surface area (Å²) in [6.45, 7) is 2.48. The van der Waals surface area contributed by atoms with Crippen LogP contribution in [0.5, 0.6) is 5.75 Å². The minimum absolute atomic E-state index is 0.108. The molecule has 0 aliphatic carbocycles. The van der Waals surface area contributed by atoms with Crippen molar-refractivity contribution in [2.24, 2.45) is 0 Å². The first-order valence-electron chi connectivity index (χ1n) is 7.49. The third kappa shape index (κ3) is 4.98. The third-order valence-corrected chi connectivity index (χ3v) is 3.54. The van der Waals surface area contributed by atoms with E-state index < -0.39 is 0 Å². The van der Waals surface area contributed by atoms with Gasteiger partial charge < -0.3 is 15.4 Å². The van der Waals surface area contributed by atoms with E-state index in [1.165, 1.54) is 12.1 Å². The third-order valence-electron chi connectivity index (χ3n) is 3.54. The van der Waals surface area contributed by atoms with Crippen molar-refractivity contribution >= 4 is 11.6 Å². The van der Waals surface area contributed by atoms with Gasteiger partial charge in [0.1, 0.15) is 11.6 Å². The highest BCUT2D eigenvalue weighted by Gasteiger charge is 2.05. The predicted octanol–water partition coefficient (Wildman–Crippen LogP) is 2.91. The zero-order valence-electron chi connectivity index (χ0n) is 13.4. The number of nitrogens with one attached hydrogen (secondary N) is 2. The Morgan fingerprint density at radius 1 is 1.22 bits per heavy atom. The largest absolute Gasteiger partial charge is 0.496 e. The van der Waals surface area contributed by atoms with Gasteiger partial charge in [-0.05, 0) is 48.7 Å². The van der Waals surface area contributed by atoms with Crippen molar-refractivity contribution in [2.75, 3.05) is 25.5 Å². The standard InChI is InChI=1S/C18H21FN2O2/c1-13-11-15(19)7-8-16(13)21-12-18(22)20-10-9-14-5-3-4-6-17(14)23-2/h3-8,11,21H,9-10,12H2,1-2H3,(H,20,22). The van der Waals surface area contributed by atoms with E-state index in [1.54, 1.807) is 20.1 Å². The van der Waals surface area contributed by atoms with Gasteiger partial charge in [0.25, 0.3) is 0 Å². The van der Waals surface area contributed by atoms with E-state index in [9.17, 15) is 9.18 Å². The monoisotopic (exact) mass is 316 g/mol. The number of methoxy groups -OCH3 is 1. The van der Waals surface area contributed by atoms with E-state index >= 15 is 0 Å². The summed E-state index contributed by atoms with van der Waals surface area (Å²) in [5.74, 6) is 0.430. The van der Waals surface area contributed by atoms with Crippen LogP contribution in [0.3, 0.4) is 0 Å². The molecule has 0 heterocycles. The summed E-state index contributed by atoms with van der Waals surface area (Å²) in [6.07, 6.45) is 0.700. The maximum atomic E-state index is 13.0. The number of carbonyl (C=O) groups is 1. The highest BCUT2D eigenvalue weighted by atomic mass is 19.1. The van der Waals surface area contributed by atoms with Gasteiger partial charge >= 0.3 is 0 Å². The summed E-state index contributed by atoms with van der Waals surface area (Å²) in [4.78, 5) is 11.9. The lowest BCUT2D eigenvalue weighted by atomic mass is 10.1. The maximum Gasteiger partial charge on any atom is 0.239 e. The molecule has 0 radical (unpaired) electrons. The van der Waals surface area contributed by atoms with Crippen molar-refractivity contribution in [1.29, 1.82) is 0 Å². The Bertz CT molecular complexity index is 674. The molecule has 0 aliphatic heterocycles. The number of anilines is 1. The topological polar surface area (TPSA) is 50.4 Å². The molecule has 0 saturated heterocycles. The van der Waals surface area contributed by atoms with Gasteiger partial charge in [0.15, 0.2) is 0 Å². The first-order chi connectivity index (χ1) is 11.1. The quantitative estimate of drug-likeness (QED) is 0.826. The Morgan fingerprint density at radius 3 is 2.74 bits per heavy atom. The Morgan fingerprint density at radius 2 is 2.00 bits per heavy atom. The van der Waals surface area contributed by atoms with Gasteiger partial charge in [0, 0.05) is 12.2 Å². The van der Waals surface area contributed by atoms with E-state index in [0.29, 0.717) is 13.0 Å². The molecular weight excluding hydrogens is 295 g/mol. The molecule has 1 amide bonds. The normalized spacial score (nSPS) is 10.2. The van der Waals surface area contributed by atoms with Crippen molar-refractivity contribution in [3.05, 3.63) is 59.4 Å². The number of hydrogen-bond donors (Lipinski definition) is 2. The molecule has 0 bridgehead atoms. The first-order valence-corrected chi connectivity index (χ1v) is 7.49. The molecule has 0 unspecified atom stereocenters. The number of rotatable bonds is 7. The number of benzene rings is 2. The van der Waals surface area contributed by atoms with Gasteiger partial charge in [-0.1, -0.05) is 18.2 Å². The van der Waals surface area contributed by atoms with Crippen LogP contribution in [0, 0.1) is 12.7 Å². The molecule has 0 atom stereocenters. The van der Waals surface area contributed by atoms with Crippen molar-refractivity contribution in [1.82, 2.24) is 5.32 Å². The van der Waals surface area contributed by atoms with Crippen LogP contribution < -0.4 is 15.4 Å². The molecule has 4 nitrogen and oxygen atoms in total. The van der Waals surface area contributed by atoms with Crippen molar-refractivity contribution in [3.63, 3.8) is 0 Å². The molecule has 2 N–H and O–H groups in total. The van der Waals surface area contributed by atoms with Gasteiger partial charge in [-0.15, -0.1) is 0 Å². The molecule has 122 valence electrons. The molecule has 23 heavy (non-hydrogen) atoms. The van der Waals surface area contributed by atoms with Gasteiger partial charge in [-0.3, -0.25) is 4.79 Å². The summed E-state index contributed by atoms with van der Waals surface area (Å²) < 4.78 is 18.3. The highest BCUT2D eigenvalue weighted by Crippen LogP contribution is 2.17. The fourth-order valence-electron chi connectivity index (χ4n) is 2.31. The molecule has 0 aliphatic rings. The molecule has 5 heteroatoms. The summed E-state index contributed by atoms with van der Waals surface area (Å²) >= 11 is 0.